The number of carbonyl (C=O) groups is 1. The second-order valence-corrected chi connectivity index (χ2v) is 7.16. The van der Waals surface area contributed by atoms with Crippen molar-refractivity contribution in [1.29, 1.82) is 0 Å². The molecular formula is C19H32Cl2N4O. The molecule has 5 nitrogen and oxygen atoms in total. The molecule has 1 atom stereocenters. The lowest BCUT2D eigenvalue weighted by molar-refractivity contribution is 0.0623. The molecule has 2 heterocycles. The fourth-order valence-corrected chi connectivity index (χ4v) is 3.70. The summed E-state index contributed by atoms with van der Waals surface area (Å²) in [5.74, 6) is 0.135. The minimum Gasteiger partial charge on any atom is -0.334 e. The van der Waals surface area contributed by atoms with Gasteiger partial charge in [-0.15, -0.1) is 24.8 Å². The molecule has 2 fully saturated rings. The Morgan fingerprint density at radius 1 is 1.04 bits per heavy atom. The van der Waals surface area contributed by atoms with Crippen molar-refractivity contribution >= 4 is 30.7 Å². The van der Waals surface area contributed by atoms with Gasteiger partial charge in [0.15, 0.2) is 0 Å². The van der Waals surface area contributed by atoms with Crippen LogP contribution in [0.3, 0.4) is 0 Å². The van der Waals surface area contributed by atoms with Crippen LogP contribution in [-0.4, -0.2) is 73.0 Å². The summed E-state index contributed by atoms with van der Waals surface area (Å²) >= 11 is 0. The van der Waals surface area contributed by atoms with Crippen LogP contribution in [0.4, 0.5) is 0 Å². The molecule has 1 aromatic rings. The van der Waals surface area contributed by atoms with Crippen molar-refractivity contribution < 1.29 is 4.79 Å². The summed E-state index contributed by atoms with van der Waals surface area (Å²) in [6.07, 6.45) is 3.29. The zero-order chi connectivity index (χ0) is 16.9. The van der Waals surface area contributed by atoms with E-state index in [1.807, 2.05) is 17.0 Å². The number of carbonyl (C=O) groups excluding carboxylic acids is 1. The molecule has 0 aromatic heterocycles. The van der Waals surface area contributed by atoms with Gasteiger partial charge in [-0.1, -0.05) is 12.1 Å². The van der Waals surface area contributed by atoms with Gasteiger partial charge in [0.1, 0.15) is 0 Å². The van der Waals surface area contributed by atoms with Crippen LogP contribution in [0.1, 0.15) is 35.2 Å². The maximum Gasteiger partial charge on any atom is 0.254 e. The van der Waals surface area contributed by atoms with Crippen LogP contribution < -0.4 is 5.73 Å². The molecule has 2 aliphatic rings. The van der Waals surface area contributed by atoms with Crippen LogP contribution in [0.25, 0.3) is 0 Å². The number of hydrogen-bond acceptors (Lipinski definition) is 4. The maximum atomic E-state index is 12.8. The number of nitrogens with two attached hydrogens (primary N) is 1. The number of amides is 1. The normalized spacial score (nSPS) is 21.6. The van der Waals surface area contributed by atoms with Gasteiger partial charge in [-0.25, -0.2) is 0 Å². The fraction of sp³-hybridized carbons (Fsp3) is 0.632. The number of hydrogen-bond donors (Lipinski definition) is 1. The molecule has 0 radical (unpaired) electrons. The van der Waals surface area contributed by atoms with Crippen LogP contribution in [0.5, 0.6) is 0 Å². The largest absolute Gasteiger partial charge is 0.334 e. The Hall–Kier alpha value is -0.850. The first-order chi connectivity index (χ1) is 11.7. The molecule has 0 saturated carbocycles. The third kappa shape index (κ3) is 5.83. The summed E-state index contributed by atoms with van der Waals surface area (Å²) in [5.41, 5.74) is 7.92. The van der Waals surface area contributed by atoms with E-state index < -0.39 is 0 Å². The van der Waals surface area contributed by atoms with Crippen molar-refractivity contribution in [1.82, 2.24) is 14.7 Å². The zero-order valence-corrected chi connectivity index (χ0v) is 17.2. The Morgan fingerprint density at radius 3 is 2.31 bits per heavy atom. The van der Waals surface area contributed by atoms with Gasteiger partial charge in [0.25, 0.3) is 5.91 Å². The highest BCUT2D eigenvalue weighted by molar-refractivity contribution is 5.94. The van der Waals surface area contributed by atoms with Crippen molar-refractivity contribution in [2.45, 2.75) is 31.8 Å². The summed E-state index contributed by atoms with van der Waals surface area (Å²) < 4.78 is 0. The molecule has 1 amide bonds. The molecule has 1 unspecified atom stereocenters. The summed E-state index contributed by atoms with van der Waals surface area (Å²) in [4.78, 5) is 19.6. The van der Waals surface area contributed by atoms with E-state index in [1.165, 1.54) is 12.0 Å². The van der Waals surface area contributed by atoms with E-state index in [2.05, 4.69) is 29.0 Å². The predicted molar refractivity (Wildman–Crippen MR) is 111 cm³/mol. The first kappa shape index (κ1) is 23.2. The minimum absolute atomic E-state index is 0. The van der Waals surface area contributed by atoms with Crippen LogP contribution in [0.2, 0.25) is 0 Å². The summed E-state index contributed by atoms with van der Waals surface area (Å²) in [5, 5.41) is 0. The first-order valence-electron chi connectivity index (χ1n) is 9.18. The van der Waals surface area contributed by atoms with Crippen LogP contribution in [-0.2, 0) is 6.54 Å². The Balaban J connectivity index is 0.00000169. The van der Waals surface area contributed by atoms with Gasteiger partial charge in [-0.2, -0.15) is 0 Å². The van der Waals surface area contributed by atoms with E-state index >= 15 is 0 Å². The van der Waals surface area contributed by atoms with Crippen LogP contribution >= 0.6 is 24.8 Å². The van der Waals surface area contributed by atoms with Gasteiger partial charge in [0.05, 0.1) is 0 Å². The van der Waals surface area contributed by atoms with E-state index in [-0.39, 0.29) is 36.8 Å². The second kappa shape index (κ2) is 11.1. The molecule has 7 heteroatoms. The number of likely N-dealkylation sites (tertiary alicyclic amines) is 1. The Kier molecular flexibility index (Phi) is 9.90. The average molecular weight is 403 g/mol. The first-order valence-corrected chi connectivity index (χ1v) is 9.18. The number of rotatable bonds is 4. The third-order valence-corrected chi connectivity index (χ3v) is 5.36. The van der Waals surface area contributed by atoms with Crippen molar-refractivity contribution in [3.05, 3.63) is 35.4 Å². The lowest BCUT2D eigenvalue weighted by atomic mass is 10.0. The van der Waals surface area contributed by atoms with Crippen molar-refractivity contribution in [3.63, 3.8) is 0 Å². The molecule has 26 heavy (non-hydrogen) atoms. The quantitative estimate of drug-likeness (QED) is 0.838. The number of nitrogens with zero attached hydrogens (tertiary/aromatic N) is 3. The predicted octanol–water partition coefficient (Wildman–Crippen LogP) is 2.23. The van der Waals surface area contributed by atoms with Gasteiger partial charge in [0.2, 0.25) is 0 Å². The van der Waals surface area contributed by atoms with Crippen molar-refractivity contribution in [2.75, 3.05) is 46.3 Å². The second-order valence-electron chi connectivity index (χ2n) is 7.16. The average Bonchev–Trinajstić information content (AvgIpc) is 2.63. The third-order valence-electron chi connectivity index (χ3n) is 5.36. The maximum absolute atomic E-state index is 12.8. The minimum atomic E-state index is 0. The lowest BCUT2D eigenvalue weighted by Gasteiger charge is -2.35. The highest BCUT2D eigenvalue weighted by Gasteiger charge is 2.26. The summed E-state index contributed by atoms with van der Waals surface area (Å²) in [7, 11) is 2.17. The number of halogens is 2. The molecule has 148 valence electrons. The van der Waals surface area contributed by atoms with Crippen molar-refractivity contribution in [3.8, 4) is 0 Å². The molecule has 2 N–H and O–H groups in total. The molecule has 2 aliphatic heterocycles. The van der Waals surface area contributed by atoms with Gasteiger partial charge in [0, 0.05) is 57.4 Å². The topological polar surface area (TPSA) is 52.8 Å². The van der Waals surface area contributed by atoms with E-state index in [0.29, 0.717) is 6.54 Å². The van der Waals surface area contributed by atoms with Gasteiger partial charge >= 0.3 is 0 Å². The van der Waals surface area contributed by atoms with E-state index in [0.717, 1.165) is 57.7 Å². The van der Waals surface area contributed by atoms with Gasteiger partial charge < -0.3 is 15.5 Å². The number of benzene rings is 1. The molecular weight excluding hydrogens is 371 g/mol. The number of likely N-dealkylation sites (N-methyl/N-ethyl adjacent to an activating group) is 1. The monoisotopic (exact) mass is 402 g/mol. The Bertz CT molecular complexity index is 547. The van der Waals surface area contributed by atoms with Gasteiger partial charge in [-0.05, 0) is 44.0 Å². The number of piperazine rings is 1. The SMILES string of the molecule is CN1CCN(Cc2ccc(C(=O)N3CCCCC3CN)cc2)CC1.Cl.Cl. The number of piperidine rings is 1. The van der Waals surface area contributed by atoms with E-state index in [4.69, 9.17) is 5.73 Å². The summed E-state index contributed by atoms with van der Waals surface area (Å²) in [6, 6.07) is 8.38. The highest BCUT2D eigenvalue weighted by atomic mass is 35.5. The van der Waals surface area contributed by atoms with Crippen LogP contribution in [0.15, 0.2) is 24.3 Å². The molecule has 3 rings (SSSR count). The fourth-order valence-electron chi connectivity index (χ4n) is 3.70. The lowest BCUT2D eigenvalue weighted by Crippen LogP contribution is -2.47. The zero-order valence-electron chi connectivity index (χ0n) is 15.6. The molecule has 2 saturated heterocycles. The standard InChI is InChI=1S/C19H30N4O.2ClH/c1-21-10-12-22(13-11-21)15-16-5-7-17(8-6-16)19(24)23-9-3-2-4-18(23)14-20;;/h5-8,18H,2-4,9-15,20H2,1H3;2*1H. The smallest absolute Gasteiger partial charge is 0.254 e. The van der Waals surface area contributed by atoms with E-state index in [9.17, 15) is 4.79 Å². The van der Waals surface area contributed by atoms with Crippen LogP contribution in [0, 0.1) is 0 Å². The van der Waals surface area contributed by atoms with E-state index in [1.54, 1.807) is 0 Å². The summed E-state index contributed by atoms with van der Waals surface area (Å²) in [6.45, 7) is 6.86. The molecule has 0 spiro atoms. The molecule has 1 aromatic carbocycles. The highest BCUT2D eigenvalue weighted by Crippen LogP contribution is 2.19. The Morgan fingerprint density at radius 2 is 1.69 bits per heavy atom. The molecule has 0 aliphatic carbocycles. The van der Waals surface area contributed by atoms with Gasteiger partial charge in [-0.3, -0.25) is 9.69 Å². The molecule has 0 bridgehead atoms. The van der Waals surface area contributed by atoms with Crippen molar-refractivity contribution in [2.24, 2.45) is 5.73 Å². The Labute approximate surface area is 169 Å².